The molecule has 0 unspecified atom stereocenters. The van der Waals surface area contributed by atoms with Gasteiger partial charge in [0.05, 0.1) is 0 Å². The second kappa shape index (κ2) is 7.28. The third-order valence-electron chi connectivity index (χ3n) is 3.38. The van der Waals surface area contributed by atoms with Crippen LogP contribution in [0.5, 0.6) is 0 Å². The van der Waals surface area contributed by atoms with Crippen molar-refractivity contribution in [2.45, 2.75) is 58.8 Å². The molecule has 0 heterocycles. The first kappa shape index (κ1) is 12.0. The van der Waals surface area contributed by atoms with E-state index in [1.54, 1.807) is 0 Å². The Kier molecular flexibility index (Phi) is 6.25. The first-order chi connectivity index (χ1) is 6.83. The molecule has 1 rings (SSSR count). The summed E-state index contributed by atoms with van der Waals surface area (Å²) in [6, 6.07) is 0. The standard InChI is InChI=1S/C13H26O/c1-3-4-5-10-14-11-13-8-6-12(2)7-9-13/h12-13H,3-11H2,1-2H3. The van der Waals surface area contributed by atoms with Crippen molar-refractivity contribution in [3.63, 3.8) is 0 Å². The monoisotopic (exact) mass is 198 g/mol. The molecular formula is C13H26O. The molecule has 1 heteroatoms. The third-order valence-corrected chi connectivity index (χ3v) is 3.38. The molecule has 1 aliphatic carbocycles. The van der Waals surface area contributed by atoms with E-state index >= 15 is 0 Å². The molecular weight excluding hydrogens is 172 g/mol. The van der Waals surface area contributed by atoms with Gasteiger partial charge in [0, 0.05) is 13.2 Å². The minimum Gasteiger partial charge on any atom is -0.381 e. The van der Waals surface area contributed by atoms with Gasteiger partial charge >= 0.3 is 0 Å². The lowest BCUT2D eigenvalue weighted by atomic mass is 9.83. The van der Waals surface area contributed by atoms with Crippen molar-refractivity contribution in [1.82, 2.24) is 0 Å². The van der Waals surface area contributed by atoms with Crippen molar-refractivity contribution in [3.8, 4) is 0 Å². The normalized spacial score (nSPS) is 27.9. The molecule has 0 N–H and O–H groups in total. The van der Waals surface area contributed by atoms with Gasteiger partial charge in [0.2, 0.25) is 0 Å². The van der Waals surface area contributed by atoms with E-state index in [1.807, 2.05) is 0 Å². The first-order valence-corrected chi connectivity index (χ1v) is 6.40. The van der Waals surface area contributed by atoms with Gasteiger partial charge in [-0.25, -0.2) is 0 Å². The lowest BCUT2D eigenvalue weighted by Crippen LogP contribution is -2.17. The number of unbranched alkanes of at least 4 members (excludes halogenated alkanes) is 2. The van der Waals surface area contributed by atoms with Gasteiger partial charge in [0.15, 0.2) is 0 Å². The number of hydrogen-bond acceptors (Lipinski definition) is 1. The average molecular weight is 198 g/mol. The fourth-order valence-electron chi connectivity index (χ4n) is 2.20. The van der Waals surface area contributed by atoms with Crippen LogP contribution in [0.15, 0.2) is 0 Å². The predicted octanol–water partition coefficient (Wildman–Crippen LogP) is 4.02. The second-order valence-corrected chi connectivity index (χ2v) is 4.91. The molecule has 0 aromatic heterocycles. The molecule has 0 atom stereocenters. The predicted molar refractivity (Wildman–Crippen MR) is 61.5 cm³/mol. The van der Waals surface area contributed by atoms with E-state index in [0.29, 0.717) is 0 Å². The van der Waals surface area contributed by atoms with Gasteiger partial charge in [0.25, 0.3) is 0 Å². The maximum atomic E-state index is 5.71. The van der Waals surface area contributed by atoms with Crippen molar-refractivity contribution in [2.24, 2.45) is 11.8 Å². The van der Waals surface area contributed by atoms with Crippen LogP contribution >= 0.6 is 0 Å². The Morgan fingerprint density at radius 1 is 1.07 bits per heavy atom. The lowest BCUT2D eigenvalue weighted by molar-refractivity contribution is 0.0768. The van der Waals surface area contributed by atoms with Crippen molar-refractivity contribution in [3.05, 3.63) is 0 Å². The van der Waals surface area contributed by atoms with Crippen LogP contribution in [0, 0.1) is 11.8 Å². The number of hydrogen-bond donors (Lipinski definition) is 0. The molecule has 0 bridgehead atoms. The second-order valence-electron chi connectivity index (χ2n) is 4.91. The topological polar surface area (TPSA) is 9.23 Å². The maximum absolute atomic E-state index is 5.71. The summed E-state index contributed by atoms with van der Waals surface area (Å²) >= 11 is 0. The van der Waals surface area contributed by atoms with Crippen LogP contribution in [0.2, 0.25) is 0 Å². The maximum Gasteiger partial charge on any atom is 0.0494 e. The van der Waals surface area contributed by atoms with Gasteiger partial charge in [-0.3, -0.25) is 0 Å². The molecule has 84 valence electrons. The Morgan fingerprint density at radius 2 is 1.79 bits per heavy atom. The summed E-state index contributed by atoms with van der Waals surface area (Å²) in [4.78, 5) is 0. The van der Waals surface area contributed by atoms with E-state index in [1.165, 1.54) is 44.9 Å². The Balaban J connectivity index is 1.91. The van der Waals surface area contributed by atoms with E-state index in [9.17, 15) is 0 Å². The molecule has 0 radical (unpaired) electrons. The van der Waals surface area contributed by atoms with Crippen molar-refractivity contribution >= 4 is 0 Å². The van der Waals surface area contributed by atoms with E-state index in [-0.39, 0.29) is 0 Å². The zero-order valence-corrected chi connectivity index (χ0v) is 9.93. The highest BCUT2D eigenvalue weighted by Crippen LogP contribution is 2.28. The fourth-order valence-corrected chi connectivity index (χ4v) is 2.20. The van der Waals surface area contributed by atoms with Crippen LogP contribution in [0.4, 0.5) is 0 Å². The highest BCUT2D eigenvalue weighted by atomic mass is 16.5. The average Bonchev–Trinajstić information content (AvgIpc) is 2.21. The van der Waals surface area contributed by atoms with Crippen LogP contribution in [-0.2, 0) is 4.74 Å². The molecule has 14 heavy (non-hydrogen) atoms. The molecule has 0 aliphatic heterocycles. The molecule has 0 amide bonds. The van der Waals surface area contributed by atoms with Gasteiger partial charge in [0.1, 0.15) is 0 Å². The molecule has 1 fully saturated rings. The minimum absolute atomic E-state index is 0.868. The van der Waals surface area contributed by atoms with Gasteiger partial charge < -0.3 is 4.74 Å². The van der Waals surface area contributed by atoms with Gasteiger partial charge in [-0.15, -0.1) is 0 Å². The van der Waals surface area contributed by atoms with E-state index < -0.39 is 0 Å². The largest absolute Gasteiger partial charge is 0.381 e. The van der Waals surface area contributed by atoms with Crippen LogP contribution < -0.4 is 0 Å². The summed E-state index contributed by atoms with van der Waals surface area (Å²) in [5.41, 5.74) is 0. The zero-order chi connectivity index (χ0) is 10.2. The van der Waals surface area contributed by atoms with Gasteiger partial charge in [-0.2, -0.15) is 0 Å². The first-order valence-electron chi connectivity index (χ1n) is 6.40. The molecule has 0 aromatic rings. The molecule has 1 saturated carbocycles. The van der Waals surface area contributed by atoms with Crippen molar-refractivity contribution in [1.29, 1.82) is 0 Å². The molecule has 1 aliphatic rings. The minimum atomic E-state index is 0.868. The third kappa shape index (κ3) is 4.99. The summed E-state index contributed by atoms with van der Waals surface area (Å²) < 4.78 is 5.71. The van der Waals surface area contributed by atoms with Crippen LogP contribution in [0.1, 0.15) is 58.8 Å². The van der Waals surface area contributed by atoms with Crippen LogP contribution in [0.25, 0.3) is 0 Å². The Hall–Kier alpha value is -0.0400. The summed E-state index contributed by atoms with van der Waals surface area (Å²) in [5, 5.41) is 0. The molecule has 0 spiro atoms. The SMILES string of the molecule is CCCCCOCC1CCC(C)CC1. The zero-order valence-electron chi connectivity index (χ0n) is 9.93. The Labute approximate surface area is 89.2 Å². The van der Waals surface area contributed by atoms with Crippen LogP contribution in [-0.4, -0.2) is 13.2 Å². The van der Waals surface area contributed by atoms with E-state index in [4.69, 9.17) is 4.74 Å². The highest BCUT2D eigenvalue weighted by molar-refractivity contribution is 4.69. The Morgan fingerprint density at radius 3 is 2.43 bits per heavy atom. The lowest BCUT2D eigenvalue weighted by Gasteiger charge is -2.25. The van der Waals surface area contributed by atoms with Gasteiger partial charge in [-0.05, 0) is 31.1 Å². The summed E-state index contributed by atoms with van der Waals surface area (Å²) in [7, 11) is 0. The fraction of sp³-hybridized carbons (Fsp3) is 1.00. The molecule has 0 saturated heterocycles. The quantitative estimate of drug-likeness (QED) is 0.586. The summed E-state index contributed by atoms with van der Waals surface area (Å²) in [5.74, 6) is 1.83. The number of ether oxygens (including phenoxy) is 1. The number of rotatable bonds is 6. The van der Waals surface area contributed by atoms with Crippen molar-refractivity contribution < 1.29 is 4.74 Å². The van der Waals surface area contributed by atoms with Gasteiger partial charge in [-0.1, -0.05) is 39.5 Å². The summed E-state index contributed by atoms with van der Waals surface area (Å²) in [6.45, 7) is 6.62. The summed E-state index contributed by atoms with van der Waals surface area (Å²) in [6.07, 6.45) is 9.50. The van der Waals surface area contributed by atoms with Crippen LogP contribution in [0.3, 0.4) is 0 Å². The smallest absolute Gasteiger partial charge is 0.0494 e. The van der Waals surface area contributed by atoms with Crippen molar-refractivity contribution in [2.75, 3.05) is 13.2 Å². The highest BCUT2D eigenvalue weighted by Gasteiger charge is 2.17. The molecule has 1 nitrogen and oxygen atoms in total. The van der Waals surface area contributed by atoms with E-state index in [0.717, 1.165) is 25.0 Å². The Bertz CT molecular complexity index is 125. The molecule has 0 aromatic carbocycles. The van der Waals surface area contributed by atoms with E-state index in [2.05, 4.69) is 13.8 Å².